The van der Waals surface area contributed by atoms with Crippen molar-refractivity contribution in [3.63, 3.8) is 0 Å². The Balaban J connectivity index is 0.00000162. The molecule has 4 heteroatoms. The summed E-state index contributed by atoms with van der Waals surface area (Å²) in [4.78, 5) is 2.48. The van der Waals surface area contributed by atoms with Crippen molar-refractivity contribution in [2.24, 2.45) is 0 Å². The van der Waals surface area contributed by atoms with Crippen molar-refractivity contribution in [1.29, 1.82) is 0 Å². The van der Waals surface area contributed by atoms with Crippen LogP contribution >= 0.6 is 17.0 Å². The summed E-state index contributed by atoms with van der Waals surface area (Å²) in [6.45, 7) is 5.61. The van der Waals surface area contributed by atoms with Gasteiger partial charge in [0.15, 0.2) is 11.5 Å². The molecule has 1 aromatic carbocycles. The second kappa shape index (κ2) is 7.00. The van der Waals surface area contributed by atoms with Gasteiger partial charge >= 0.3 is 0 Å². The summed E-state index contributed by atoms with van der Waals surface area (Å²) in [6, 6.07) is 5.22. The zero-order valence-electron chi connectivity index (χ0n) is 10.8. The van der Waals surface area contributed by atoms with Gasteiger partial charge in [0.2, 0.25) is 0 Å². The van der Waals surface area contributed by atoms with Crippen molar-refractivity contribution in [2.45, 2.75) is 32.1 Å². The smallest absolute Gasteiger partial charge is 0.157 e. The van der Waals surface area contributed by atoms with E-state index in [1.807, 2.05) is 6.07 Å². The quantitative estimate of drug-likeness (QED) is 0.841. The zero-order valence-corrected chi connectivity index (χ0v) is 12.5. The van der Waals surface area contributed by atoms with Gasteiger partial charge in [0.1, 0.15) is 0 Å². The van der Waals surface area contributed by atoms with Crippen LogP contribution in [0.4, 0.5) is 0 Å². The van der Waals surface area contributed by atoms with Crippen LogP contribution in [0.2, 0.25) is 0 Å². The Kier molecular flexibility index (Phi) is 5.96. The van der Waals surface area contributed by atoms with Gasteiger partial charge in [0.05, 0.1) is 0 Å². The van der Waals surface area contributed by atoms with Gasteiger partial charge in [0.25, 0.3) is 0 Å². The molecule has 1 aliphatic heterocycles. The standard InChI is InChI=1S/C14H21NO2.BrH/c1-2-7-15-8-3-4-12(10-15)11-5-6-13(16)14(17)9-11;/h5-6,9,12,16-17H,2-4,7-8,10H2,1H3;1H. The van der Waals surface area contributed by atoms with Gasteiger partial charge < -0.3 is 15.1 Å². The molecule has 1 unspecified atom stereocenters. The first kappa shape index (κ1) is 15.3. The van der Waals surface area contributed by atoms with Crippen molar-refractivity contribution < 1.29 is 10.2 Å². The van der Waals surface area contributed by atoms with Crippen LogP contribution in [0.5, 0.6) is 11.5 Å². The monoisotopic (exact) mass is 315 g/mol. The molecule has 0 aliphatic carbocycles. The Labute approximate surface area is 119 Å². The number of rotatable bonds is 3. The highest BCUT2D eigenvalue weighted by Gasteiger charge is 2.21. The van der Waals surface area contributed by atoms with Crippen LogP contribution in [0.3, 0.4) is 0 Å². The molecule has 1 aliphatic rings. The fourth-order valence-corrected chi connectivity index (χ4v) is 2.64. The lowest BCUT2D eigenvalue weighted by Crippen LogP contribution is -2.34. The van der Waals surface area contributed by atoms with Gasteiger partial charge in [-0.05, 0) is 56.0 Å². The first-order valence-corrected chi connectivity index (χ1v) is 6.45. The predicted octanol–water partition coefficient (Wildman–Crippen LogP) is 3.27. The number of nitrogens with zero attached hydrogens (tertiary/aromatic N) is 1. The maximum atomic E-state index is 9.54. The van der Waals surface area contributed by atoms with E-state index in [4.69, 9.17) is 0 Å². The minimum Gasteiger partial charge on any atom is -0.504 e. The molecule has 0 radical (unpaired) electrons. The second-order valence-electron chi connectivity index (χ2n) is 4.89. The predicted molar refractivity (Wildman–Crippen MR) is 78.8 cm³/mol. The molecule has 1 aromatic rings. The largest absolute Gasteiger partial charge is 0.504 e. The van der Waals surface area contributed by atoms with Gasteiger partial charge in [-0.3, -0.25) is 0 Å². The van der Waals surface area contributed by atoms with E-state index in [0.29, 0.717) is 5.92 Å². The summed E-state index contributed by atoms with van der Waals surface area (Å²) in [6.07, 6.45) is 3.57. The van der Waals surface area contributed by atoms with Crippen LogP contribution in [-0.2, 0) is 0 Å². The molecule has 102 valence electrons. The van der Waals surface area contributed by atoms with Crippen LogP contribution < -0.4 is 0 Å². The molecule has 0 aromatic heterocycles. The number of hydrogen-bond donors (Lipinski definition) is 2. The van der Waals surface area contributed by atoms with Crippen molar-refractivity contribution >= 4 is 17.0 Å². The third-order valence-corrected chi connectivity index (χ3v) is 3.52. The number of piperidine rings is 1. The van der Waals surface area contributed by atoms with Gasteiger partial charge in [-0.2, -0.15) is 0 Å². The fourth-order valence-electron chi connectivity index (χ4n) is 2.64. The second-order valence-corrected chi connectivity index (χ2v) is 4.89. The van der Waals surface area contributed by atoms with Crippen LogP contribution in [0.25, 0.3) is 0 Å². The number of phenolic OH excluding ortho intramolecular Hbond substituents is 2. The molecule has 2 N–H and O–H groups in total. The summed E-state index contributed by atoms with van der Waals surface area (Å²) >= 11 is 0. The minimum absolute atomic E-state index is 0. The van der Waals surface area contributed by atoms with E-state index in [9.17, 15) is 10.2 Å². The molecule has 18 heavy (non-hydrogen) atoms. The zero-order chi connectivity index (χ0) is 12.3. The average molecular weight is 316 g/mol. The molecule has 0 amide bonds. The fraction of sp³-hybridized carbons (Fsp3) is 0.571. The molecule has 3 nitrogen and oxygen atoms in total. The lowest BCUT2D eigenvalue weighted by molar-refractivity contribution is 0.208. The molecule has 1 heterocycles. The van der Waals surface area contributed by atoms with Crippen molar-refractivity contribution in [3.8, 4) is 11.5 Å². The molecule has 0 saturated carbocycles. The number of likely N-dealkylation sites (tertiary alicyclic amines) is 1. The number of benzene rings is 1. The van der Waals surface area contributed by atoms with E-state index in [1.54, 1.807) is 12.1 Å². The van der Waals surface area contributed by atoms with E-state index in [0.717, 1.165) is 18.7 Å². The van der Waals surface area contributed by atoms with Gasteiger partial charge in [-0.15, -0.1) is 17.0 Å². The topological polar surface area (TPSA) is 43.7 Å². The van der Waals surface area contributed by atoms with E-state index in [1.165, 1.54) is 25.8 Å². The lowest BCUT2D eigenvalue weighted by atomic mass is 9.90. The molecule has 1 fully saturated rings. The van der Waals surface area contributed by atoms with E-state index in [2.05, 4.69) is 11.8 Å². The molecular weight excluding hydrogens is 294 g/mol. The maximum Gasteiger partial charge on any atom is 0.157 e. The normalized spacial score (nSPS) is 20.4. The van der Waals surface area contributed by atoms with E-state index < -0.39 is 0 Å². The maximum absolute atomic E-state index is 9.54. The summed E-state index contributed by atoms with van der Waals surface area (Å²) in [5, 5.41) is 18.9. The average Bonchev–Trinajstić information content (AvgIpc) is 2.33. The third kappa shape index (κ3) is 3.62. The van der Waals surface area contributed by atoms with Gasteiger partial charge in [0, 0.05) is 6.54 Å². The van der Waals surface area contributed by atoms with Crippen molar-refractivity contribution in [1.82, 2.24) is 4.90 Å². The Morgan fingerprint density at radius 2 is 2.06 bits per heavy atom. The van der Waals surface area contributed by atoms with Crippen LogP contribution in [0, 0.1) is 0 Å². The molecule has 1 atom stereocenters. The Bertz CT molecular complexity index is 382. The molecule has 0 spiro atoms. The van der Waals surface area contributed by atoms with Crippen LogP contribution in [0.1, 0.15) is 37.7 Å². The summed E-state index contributed by atoms with van der Waals surface area (Å²) in [5.41, 5.74) is 1.14. The highest BCUT2D eigenvalue weighted by atomic mass is 79.9. The molecule has 2 rings (SSSR count). The molecular formula is C14H22BrNO2. The van der Waals surface area contributed by atoms with Crippen LogP contribution in [0.15, 0.2) is 18.2 Å². The number of halogens is 1. The third-order valence-electron chi connectivity index (χ3n) is 3.52. The number of aromatic hydroxyl groups is 2. The van der Waals surface area contributed by atoms with Gasteiger partial charge in [-0.1, -0.05) is 13.0 Å². The molecule has 0 bridgehead atoms. The van der Waals surface area contributed by atoms with E-state index >= 15 is 0 Å². The van der Waals surface area contributed by atoms with Gasteiger partial charge in [-0.25, -0.2) is 0 Å². The van der Waals surface area contributed by atoms with E-state index in [-0.39, 0.29) is 28.5 Å². The Morgan fingerprint density at radius 1 is 1.28 bits per heavy atom. The summed E-state index contributed by atoms with van der Waals surface area (Å²) < 4.78 is 0. The summed E-state index contributed by atoms with van der Waals surface area (Å²) in [5.74, 6) is 0.451. The Hall–Kier alpha value is -0.740. The highest BCUT2D eigenvalue weighted by molar-refractivity contribution is 8.93. The number of hydrogen-bond acceptors (Lipinski definition) is 3. The first-order valence-electron chi connectivity index (χ1n) is 6.45. The van der Waals surface area contributed by atoms with Crippen LogP contribution in [-0.4, -0.2) is 34.7 Å². The molecule has 1 saturated heterocycles. The minimum atomic E-state index is -0.0324. The first-order chi connectivity index (χ1) is 8.20. The SMILES string of the molecule is Br.CCCN1CCCC(c2ccc(O)c(O)c2)C1. The highest BCUT2D eigenvalue weighted by Crippen LogP contribution is 2.32. The van der Waals surface area contributed by atoms with Crippen molar-refractivity contribution in [3.05, 3.63) is 23.8 Å². The summed E-state index contributed by atoms with van der Waals surface area (Å²) in [7, 11) is 0. The Morgan fingerprint density at radius 3 is 2.72 bits per heavy atom. The number of phenols is 2. The lowest BCUT2D eigenvalue weighted by Gasteiger charge is -2.32. The van der Waals surface area contributed by atoms with Crippen molar-refractivity contribution in [2.75, 3.05) is 19.6 Å².